The Bertz CT molecular complexity index is 735. The molecule has 25 heavy (non-hydrogen) atoms. The second-order valence-corrected chi connectivity index (χ2v) is 9.61. The van der Waals surface area contributed by atoms with Crippen LogP contribution in [0.2, 0.25) is 0 Å². The van der Waals surface area contributed by atoms with Gasteiger partial charge in [-0.05, 0) is 6.26 Å². The number of fused-ring (bicyclic) bond motifs is 1. The molecular formula is C14H23N5O4S2. The van der Waals surface area contributed by atoms with Crippen LogP contribution >= 0.6 is 11.8 Å². The van der Waals surface area contributed by atoms with Crippen molar-refractivity contribution in [1.82, 2.24) is 24.8 Å². The van der Waals surface area contributed by atoms with Crippen molar-refractivity contribution in [1.29, 1.82) is 0 Å². The van der Waals surface area contributed by atoms with E-state index < -0.39 is 9.84 Å². The Kier molecular flexibility index (Phi) is 5.26. The molecule has 2 atom stereocenters. The number of urea groups is 1. The van der Waals surface area contributed by atoms with Crippen molar-refractivity contribution in [2.45, 2.75) is 24.4 Å². The topological polar surface area (TPSA) is 99.9 Å². The van der Waals surface area contributed by atoms with Crippen LogP contribution in [0.4, 0.5) is 4.79 Å². The molecule has 0 aliphatic carbocycles. The van der Waals surface area contributed by atoms with Gasteiger partial charge in [0.05, 0.1) is 29.8 Å². The highest BCUT2D eigenvalue weighted by atomic mass is 32.2. The van der Waals surface area contributed by atoms with E-state index in [0.29, 0.717) is 37.1 Å². The van der Waals surface area contributed by atoms with E-state index in [1.165, 1.54) is 4.90 Å². The van der Waals surface area contributed by atoms with Crippen molar-refractivity contribution in [3.05, 3.63) is 11.7 Å². The Morgan fingerprint density at radius 3 is 2.72 bits per heavy atom. The van der Waals surface area contributed by atoms with Crippen molar-refractivity contribution in [2.75, 3.05) is 44.9 Å². The molecule has 2 aliphatic heterocycles. The Morgan fingerprint density at radius 2 is 2.04 bits per heavy atom. The molecule has 0 N–H and O–H groups in total. The monoisotopic (exact) mass is 389 g/mol. The molecule has 0 bridgehead atoms. The van der Waals surface area contributed by atoms with Gasteiger partial charge in [0, 0.05) is 33.2 Å². The standard InChI is InChI=1S/C14H23N5O4S2/c1-17(2)14(20)19-5-4-18(10-8-25(21,22)9-11(10)19)6-13-15-12(7-24-3)16-23-13/h10-11H,4-9H2,1-3H3/t10-,11+/m1/s1. The summed E-state index contributed by atoms with van der Waals surface area (Å²) in [6.45, 7) is 1.47. The van der Waals surface area contributed by atoms with Crippen LogP contribution in [-0.2, 0) is 22.1 Å². The molecule has 0 aromatic carbocycles. The normalized spacial score (nSPS) is 25.8. The number of aromatic nitrogens is 2. The van der Waals surface area contributed by atoms with Crippen molar-refractivity contribution < 1.29 is 17.7 Å². The molecule has 0 saturated carbocycles. The largest absolute Gasteiger partial charge is 0.338 e. The Hall–Kier alpha value is -1.33. The van der Waals surface area contributed by atoms with Gasteiger partial charge >= 0.3 is 6.03 Å². The lowest BCUT2D eigenvalue weighted by Gasteiger charge is -2.44. The van der Waals surface area contributed by atoms with E-state index in [1.54, 1.807) is 30.8 Å². The van der Waals surface area contributed by atoms with Gasteiger partial charge in [0.15, 0.2) is 15.7 Å². The molecule has 9 nitrogen and oxygen atoms in total. The summed E-state index contributed by atoms with van der Waals surface area (Å²) in [4.78, 5) is 22.0. The van der Waals surface area contributed by atoms with Crippen LogP contribution in [0.5, 0.6) is 0 Å². The average molecular weight is 390 g/mol. The number of carbonyl (C=O) groups is 1. The minimum absolute atomic E-state index is 0.00923. The molecule has 0 radical (unpaired) electrons. The zero-order chi connectivity index (χ0) is 18.2. The third-order valence-corrected chi connectivity index (χ3v) is 6.79. The molecule has 0 spiro atoms. The molecule has 2 saturated heterocycles. The van der Waals surface area contributed by atoms with Gasteiger partial charge in [-0.3, -0.25) is 4.90 Å². The Balaban J connectivity index is 1.77. The summed E-state index contributed by atoms with van der Waals surface area (Å²) in [5, 5.41) is 3.93. The van der Waals surface area contributed by atoms with Crippen molar-refractivity contribution in [3.63, 3.8) is 0 Å². The molecular weight excluding hydrogens is 366 g/mol. The Labute approximate surface area is 151 Å². The van der Waals surface area contributed by atoms with Gasteiger partial charge in [-0.15, -0.1) is 0 Å². The van der Waals surface area contributed by atoms with Gasteiger partial charge in [-0.1, -0.05) is 5.16 Å². The maximum absolute atomic E-state index is 12.4. The number of thioether (sulfide) groups is 1. The van der Waals surface area contributed by atoms with E-state index >= 15 is 0 Å². The number of carbonyl (C=O) groups excluding carboxylic acids is 1. The van der Waals surface area contributed by atoms with Crippen molar-refractivity contribution >= 4 is 27.6 Å². The van der Waals surface area contributed by atoms with Crippen LogP contribution in [0.25, 0.3) is 0 Å². The van der Waals surface area contributed by atoms with Gasteiger partial charge in [-0.25, -0.2) is 13.2 Å². The summed E-state index contributed by atoms with van der Waals surface area (Å²) < 4.78 is 29.7. The molecule has 11 heteroatoms. The number of sulfone groups is 1. The van der Waals surface area contributed by atoms with Gasteiger partial charge < -0.3 is 14.3 Å². The van der Waals surface area contributed by atoms with Crippen LogP contribution in [0.15, 0.2) is 4.52 Å². The molecule has 2 aliphatic rings. The SMILES string of the molecule is CSCc1noc(CN2CCN(C(=O)N(C)C)[C@H]3CS(=O)(=O)C[C@H]32)n1. The van der Waals surface area contributed by atoms with Crippen LogP contribution in [-0.4, -0.2) is 96.3 Å². The number of amides is 2. The molecule has 1 aromatic rings. The predicted molar refractivity (Wildman–Crippen MR) is 93.9 cm³/mol. The molecule has 2 amide bonds. The zero-order valence-corrected chi connectivity index (χ0v) is 16.2. The molecule has 140 valence electrons. The van der Waals surface area contributed by atoms with Crippen LogP contribution in [0.3, 0.4) is 0 Å². The second-order valence-electron chi connectivity index (χ2n) is 6.59. The fourth-order valence-electron chi connectivity index (χ4n) is 3.43. The maximum atomic E-state index is 12.4. The predicted octanol–water partition coefficient (Wildman–Crippen LogP) is -0.103. The lowest BCUT2D eigenvalue weighted by molar-refractivity contribution is 0.0461. The third-order valence-electron chi connectivity index (χ3n) is 4.54. The number of hydrogen-bond donors (Lipinski definition) is 0. The summed E-state index contributed by atoms with van der Waals surface area (Å²) in [5.41, 5.74) is 0. The first-order valence-electron chi connectivity index (χ1n) is 8.03. The zero-order valence-electron chi connectivity index (χ0n) is 14.6. The number of hydrogen-bond acceptors (Lipinski definition) is 8. The van der Waals surface area contributed by atoms with Crippen LogP contribution in [0, 0.1) is 0 Å². The molecule has 0 unspecified atom stereocenters. The summed E-state index contributed by atoms with van der Waals surface area (Å²) in [7, 11) is 0.185. The van der Waals surface area contributed by atoms with Gasteiger partial charge in [0.2, 0.25) is 5.89 Å². The van der Waals surface area contributed by atoms with Crippen LogP contribution in [0.1, 0.15) is 11.7 Å². The van der Waals surface area contributed by atoms with Gasteiger partial charge in [0.1, 0.15) is 0 Å². The maximum Gasteiger partial charge on any atom is 0.319 e. The smallest absolute Gasteiger partial charge is 0.319 e. The van der Waals surface area contributed by atoms with E-state index in [9.17, 15) is 13.2 Å². The lowest BCUT2D eigenvalue weighted by Crippen LogP contribution is -2.61. The molecule has 3 rings (SSSR count). The first-order valence-corrected chi connectivity index (χ1v) is 11.2. The van der Waals surface area contributed by atoms with E-state index in [-0.39, 0.29) is 29.6 Å². The summed E-state index contributed by atoms with van der Waals surface area (Å²) >= 11 is 1.61. The number of rotatable bonds is 4. The fraction of sp³-hybridized carbons (Fsp3) is 0.786. The highest BCUT2D eigenvalue weighted by molar-refractivity contribution is 7.97. The van der Waals surface area contributed by atoms with E-state index in [4.69, 9.17) is 4.52 Å². The second kappa shape index (κ2) is 7.12. The van der Waals surface area contributed by atoms with Crippen molar-refractivity contribution in [3.8, 4) is 0 Å². The van der Waals surface area contributed by atoms with Crippen molar-refractivity contribution in [2.24, 2.45) is 0 Å². The minimum Gasteiger partial charge on any atom is -0.338 e. The summed E-state index contributed by atoms with van der Waals surface area (Å²) in [6.07, 6.45) is 1.96. The molecule has 3 heterocycles. The quantitative estimate of drug-likeness (QED) is 0.704. The lowest BCUT2D eigenvalue weighted by atomic mass is 10.1. The first-order chi connectivity index (χ1) is 11.8. The molecule has 1 aromatic heterocycles. The summed E-state index contributed by atoms with van der Waals surface area (Å²) in [5.74, 6) is 1.87. The highest BCUT2D eigenvalue weighted by Crippen LogP contribution is 2.28. The van der Waals surface area contributed by atoms with E-state index in [0.717, 1.165) is 0 Å². The van der Waals surface area contributed by atoms with Gasteiger partial charge in [0.25, 0.3) is 0 Å². The highest BCUT2D eigenvalue weighted by Gasteiger charge is 2.48. The van der Waals surface area contributed by atoms with E-state index in [2.05, 4.69) is 10.1 Å². The minimum atomic E-state index is -3.17. The number of piperazine rings is 1. The van der Waals surface area contributed by atoms with Crippen LogP contribution < -0.4 is 0 Å². The van der Waals surface area contributed by atoms with Gasteiger partial charge in [-0.2, -0.15) is 16.7 Å². The fourth-order valence-corrected chi connectivity index (χ4v) is 5.82. The first kappa shape index (κ1) is 18.5. The van der Waals surface area contributed by atoms with E-state index in [1.807, 2.05) is 11.2 Å². The summed E-state index contributed by atoms with van der Waals surface area (Å²) in [6, 6.07) is -0.715. The molecule has 2 fully saturated rings. The average Bonchev–Trinajstić information content (AvgIpc) is 3.10. The number of nitrogens with zero attached hydrogens (tertiary/aromatic N) is 5. The third kappa shape index (κ3) is 3.93. The Morgan fingerprint density at radius 1 is 1.32 bits per heavy atom.